The zero-order chi connectivity index (χ0) is 16.9. The highest BCUT2D eigenvalue weighted by Gasteiger charge is 2.34. The molecule has 1 aliphatic heterocycles. The summed E-state index contributed by atoms with van der Waals surface area (Å²) in [6, 6.07) is 7.10. The standard InChI is InChI=1S/C17H20N4O2S/c1-2-3-15(22)21-11-24-10-14(21)17(23)20-13-6-4-12(5-7-13)16-18-8-9-19-16/h4-9,14H,2-3,10-11H2,1H3,(H,18,19)(H,20,23)/t14-/m1/s1. The van der Waals surface area contributed by atoms with E-state index < -0.39 is 0 Å². The van der Waals surface area contributed by atoms with Gasteiger partial charge in [0.05, 0.1) is 5.88 Å². The molecule has 0 aliphatic carbocycles. The summed E-state index contributed by atoms with van der Waals surface area (Å²) in [6.45, 7) is 1.97. The Morgan fingerprint density at radius 1 is 1.38 bits per heavy atom. The van der Waals surface area contributed by atoms with Gasteiger partial charge in [0.15, 0.2) is 0 Å². The maximum absolute atomic E-state index is 12.5. The molecule has 1 saturated heterocycles. The van der Waals surface area contributed by atoms with Crippen LogP contribution in [0.2, 0.25) is 0 Å². The first-order valence-electron chi connectivity index (χ1n) is 7.97. The van der Waals surface area contributed by atoms with Crippen molar-refractivity contribution < 1.29 is 9.59 Å². The Morgan fingerprint density at radius 3 is 2.83 bits per heavy atom. The van der Waals surface area contributed by atoms with Crippen LogP contribution in [0.15, 0.2) is 36.7 Å². The van der Waals surface area contributed by atoms with E-state index in [1.54, 1.807) is 29.1 Å². The van der Waals surface area contributed by atoms with Crippen LogP contribution in [0.4, 0.5) is 5.69 Å². The molecular formula is C17H20N4O2S. The Kier molecular flexibility index (Phi) is 5.20. The maximum atomic E-state index is 12.5. The van der Waals surface area contributed by atoms with Gasteiger partial charge in [-0.15, -0.1) is 11.8 Å². The topological polar surface area (TPSA) is 78.1 Å². The number of benzene rings is 1. The van der Waals surface area contributed by atoms with Crippen molar-refractivity contribution in [3.8, 4) is 11.4 Å². The van der Waals surface area contributed by atoms with E-state index >= 15 is 0 Å². The van der Waals surface area contributed by atoms with E-state index in [2.05, 4.69) is 15.3 Å². The summed E-state index contributed by atoms with van der Waals surface area (Å²) in [7, 11) is 0. The average Bonchev–Trinajstić information content (AvgIpc) is 3.27. The molecule has 1 aliphatic rings. The van der Waals surface area contributed by atoms with Gasteiger partial charge in [0.25, 0.3) is 0 Å². The SMILES string of the molecule is CCCC(=O)N1CSC[C@@H]1C(=O)Nc1ccc(-c2ncc[nH]2)cc1. The van der Waals surface area contributed by atoms with Crippen molar-refractivity contribution in [1.82, 2.24) is 14.9 Å². The number of hydrogen-bond acceptors (Lipinski definition) is 4. The summed E-state index contributed by atoms with van der Waals surface area (Å²) >= 11 is 1.62. The number of imidazole rings is 1. The lowest BCUT2D eigenvalue weighted by molar-refractivity contribution is -0.136. The summed E-state index contributed by atoms with van der Waals surface area (Å²) in [4.78, 5) is 33.5. The number of anilines is 1. The Hall–Kier alpha value is -2.28. The lowest BCUT2D eigenvalue weighted by Crippen LogP contribution is -2.44. The molecule has 0 radical (unpaired) electrons. The number of carbonyl (C=O) groups is 2. The van der Waals surface area contributed by atoms with Crippen LogP contribution in [0.5, 0.6) is 0 Å². The predicted molar refractivity (Wildman–Crippen MR) is 95.5 cm³/mol. The summed E-state index contributed by atoms with van der Waals surface area (Å²) < 4.78 is 0. The lowest BCUT2D eigenvalue weighted by atomic mass is 10.2. The molecule has 2 amide bonds. The van der Waals surface area contributed by atoms with Crippen LogP contribution < -0.4 is 5.32 Å². The number of aromatic nitrogens is 2. The predicted octanol–water partition coefficient (Wildman–Crippen LogP) is 2.72. The van der Waals surface area contributed by atoms with Gasteiger partial charge in [-0.2, -0.15) is 0 Å². The molecule has 2 aromatic rings. The van der Waals surface area contributed by atoms with Crippen molar-refractivity contribution in [3.63, 3.8) is 0 Å². The van der Waals surface area contributed by atoms with E-state index in [-0.39, 0.29) is 17.9 Å². The highest BCUT2D eigenvalue weighted by Crippen LogP contribution is 2.24. The van der Waals surface area contributed by atoms with Crippen LogP contribution in [0.1, 0.15) is 19.8 Å². The Morgan fingerprint density at radius 2 is 2.17 bits per heavy atom. The van der Waals surface area contributed by atoms with Crippen molar-refractivity contribution in [2.24, 2.45) is 0 Å². The zero-order valence-corrected chi connectivity index (χ0v) is 14.3. The van der Waals surface area contributed by atoms with E-state index in [4.69, 9.17) is 0 Å². The molecule has 2 heterocycles. The fourth-order valence-electron chi connectivity index (χ4n) is 2.62. The lowest BCUT2D eigenvalue weighted by Gasteiger charge is -2.23. The van der Waals surface area contributed by atoms with Crippen molar-refractivity contribution in [2.45, 2.75) is 25.8 Å². The monoisotopic (exact) mass is 344 g/mol. The number of hydrogen-bond donors (Lipinski definition) is 2. The second kappa shape index (κ2) is 7.53. The second-order valence-corrected chi connectivity index (χ2v) is 6.63. The summed E-state index contributed by atoms with van der Waals surface area (Å²) in [5, 5.41) is 2.91. The molecule has 6 nitrogen and oxygen atoms in total. The third-order valence-electron chi connectivity index (χ3n) is 3.89. The molecule has 24 heavy (non-hydrogen) atoms. The molecule has 1 atom stereocenters. The molecule has 1 aromatic carbocycles. The van der Waals surface area contributed by atoms with Crippen molar-refractivity contribution >= 4 is 29.3 Å². The molecule has 3 rings (SSSR count). The van der Waals surface area contributed by atoms with Crippen LogP contribution >= 0.6 is 11.8 Å². The maximum Gasteiger partial charge on any atom is 0.248 e. The largest absolute Gasteiger partial charge is 0.345 e. The molecule has 7 heteroatoms. The molecule has 0 bridgehead atoms. The molecule has 1 aromatic heterocycles. The zero-order valence-electron chi connectivity index (χ0n) is 13.5. The number of aromatic amines is 1. The highest BCUT2D eigenvalue weighted by molar-refractivity contribution is 7.99. The first-order valence-corrected chi connectivity index (χ1v) is 9.12. The van der Waals surface area contributed by atoms with E-state index in [1.807, 2.05) is 31.2 Å². The number of thioether (sulfide) groups is 1. The van der Waals surface area contributed by atoms with Gasteiger partial charge >= 0.3 is 0 Å². The molecule has 1 fully saturated rings. The van der Waals surface area contributed by atoms with Crippen molar-refractivity contribution in [1.29, 1.82) is 0 Å². The Balaban J connectivity index is 1.65. The second-order valence-electron chi connectivity index (χ2n) is 5.63. The Labute approximate surface area is 145 Å². The van der Waals surface area contributed by atoms with Gasteiger partial charge in [-0.05, 0) is 30.7 Å². The molecule has 2 N–H and O–H groups in total. The minimum Gasteiger partial charge on any atom is -0.345 e. The van der Waals surface area contributed by atoms with Crippen LogP contribution in [0.3, 0.4) is 0 Å². The molecular weight excluding hydrogens is 324 g/mol. The highest BCUT2D eigenvalue weighted by atomic mass is 32.2. The van der Waals surface area contributed by atoms with E-state index in [9.17, 15) is 9.59 Å². The van der Waals surface area contributed by atoms with Gasteiger partial charge < -0.3 is 15.2 Å². The molecule has 0 saturated carbocycles. The van der Waals surface area contributed by atoms with Crippen molar-refractivity contribution in [3.05, 3.63) is 36.7 Å². The van der Waals surface area contributed by atoms with Crippen LogP contribution in [-0.2, 0) is 9.59 Å². The van der Waals surface area contributed by atoms with Gasteiger partial charge in [-0.1, -0.05) is 6.92 Å². The van der Waals surface area contributed by atoms with Gasteiger partial charge in [-0.3, -0.25) is 9.59 Å². The van der Waals surface area contributed by atoms with Crippen LogP contribution in [0, 0.1) is 0 Å². The average molecular weight is 344 g/mol. The summed E-state index contributed by atoms with van der Waals surface area (Å²) in [5.74, 6) is 1.95. The van der Waals surface area contributed by atoms with E-state index in [0.29, 0.717) is 18.1 Å². The first-order chi connectivity index (χ1) is 11.7. The minimum atomic E-state index is -0.390. The number of H-pyrrole nitrogens is 1. The van der Waals surface area contributed by atoms with Gasteiger partial charge in [0.1, 0.15) is 11.9 Å². The van der Waals surface area contributed by atoms with Gasteiger partial charge in [-0.25, -0.2) is 4.98 Å². The normalized spacial score (nSPS) is 17.0. The van der Waals surface area contributed by atoms with Crippen LogP contribution in [0.25, 0.3) is 11.4 Å². The van der Waals surface area contributed by atoms with E-state index in [0.717, 1.165) is 23.5 Å². The van der Waals surface area contributed by atoms with Crippen molar-refractivity contribution in [2.75, 3.05) is 16.9 Å². The molecule has 0 spiro atoms. The number of amides is 2. The van der Waals surface area contributed by atoms with Gasteiger partial charge in [0, 0.05) is 35.8 Å². The molecule has 126 valence electrons. The minimum absolute atomic E-state index is 0.0517. The number of carbonyl (C=O) groups excluding carboxylic acids is 2. The number of rotatable bonds is 5. The fourth-order valence-corrected chi connectivity index (χ4v) is 3.80. The number of nitrogens with one attached hydrogen (secondary N) is 2. The third-order valence-corrected chi connectivity index (χ3v) is 4.91. The third kappa shape index (κ3) is 3.62. The van der Waals surface area contributed by atoms with E-state index in [1.165, 1.54) is 0 Å². The first kappa shape index (κ1) is 16.6. The number of nitrogens with zero attached hydrogens (tertiary/aromatic N) is 2. The summed E-state index contributed by atoms with van der Waals surface area (Å²) in [5.41, 5.74) is 1.67. The molecule has 0 unspecified atom stereocenters. The fraction of sp³-hybridized carbons (Fsp3) is 0.353. The van der Waals surface area contributed by atoms with Gasteiger partial charge in [0.2, 0.25) is 11.8 Å². The smallest absolute Gasteiger partial charge is 0.248 e. The van der Waals surface area contributed by atoms with Crippen LogP contribution in [-0.4, -0.2) is 44.4 Å². The summed E-state index contributed by atoms with van der Waals surface area (Å²) in [6.07, 6.45) is 4.75. The Bertz CT molecular complexity index is 700. The quantitative estimate of drug-likeness (QED) is 0.874.